The average molecular weight is 218 g/mol. The van der Waals surface area contributed by atoms with Gasteiger partial charge in [-0.1, -0.05) is 18.2 Å². The van der Waals surface area contributed by atoms with Crippen molar-refractivity contribution >= 4 is 22.6 Å². The van der Waals surface area contributed by atoms with Crippen LogP contribution in [0.1, 0.15) is 13.3 Å². The Bertz CT molecular complexity index is 504. The molecule has 2 aromatic rings. The van der Waals surface area contributed by atoms with Gasteiger partial charge in [-0.3, -0.25) is 4.79 Å². The third kappa shape index (κ3) is 2.16. The fourth-order valence-electron chi connectivity index (χ4n) is 1.77. The van der Waals surface area contributed by atoms with Gasteiger partial charge in [0.25, 0.3) is 0 Å². The minimum atomic E-state index is -0.792. The molecule has 0 spiro atoms. The lowest BCUT2D eigenvalue weighted by Crippen LogP contribution is -2.18. The molecular weight excluding hydrogens is 204 g/mol. The van der Waals surface area contributed by atoms with Crippen LogP contribution in [0.3, 0.4) is 0 Å². The van der Waals surface area contributed by atoms with Crippen molar-refractivity contribution in [1.82, 2.24) is 4.98 Å². The van der Waals surface area contributed by atoms with Gasteiger partial charge in [0, 0.05) is 23.1 Å². The molecule has 0 saturated carbocycles. The SMILES string of the molecule is CC(CC(=O)O)Nc1c[nH]c2ccccc12. The van der Waals surface area contributed by atoms with Crippen molar-refractivity contribution < 1.29 is 9.90 Å². The van der Waals surface area contributed by atoms with Crippen LogP contribution in [0.25, 0.3) is 10.9 Å². The van der Waals surface area contributed by atoms with Crippen LogP contribution in [0.4, 0.5) is 5.69 Å². The Morgan fingerprint density at radius 2 is 2.25 bits per heavy atom. The summed E-state index contributed by atoms with van der Waals surface area (Å²) in [5, 5.41) is 12.9. The normalized spacial score (nSPS) is 12.6. The Morgan fingerprint density at radius 3 is 3.00 bits per heavy atom. The lowest BCUT2D eigenvalue weighted by Gasteiger charge is -2.11. The topological polar surface area (TPSA) is 65.1 Å². The Morgan fingerprint density at radius 1 is 1.50 bits per heavy atom. The van der Waals surface area contributed by atoms with Crippen LogP contribution < -0.4 is 5.32 Å². The molecule has 3 N–H and O–H groups in total. The van der Waals surface area contributed by atoms with E-state index in [1.54, 1.807) is 0 Å². The molecule has 1 unspecified atom stereocenters. The van der Waals surface area contributed by atoms with Crippen LogP contribution in [0.5, 0.6) is 0 Å². The first-order valence-electron chi connectivity index (χ1n) is 5.21. The van der Waals surface area contributed by atoms with Gasteiger partial charge in [0.15, 0.2) is 0 Å². The number of hydrogen-bond acceptors (Lipinski definition) is 2. The standard InChI is InChI=1S/C12H14N2O2/c1-8(6-12(15)16)14-11-7-13-10-5-3-2-4-9(10)11/h2-5,7-8,13-14H,6H2,1H3,(H,15,16). The quantitative estimate of drug-likeness (QED) is 0.738. The fourth-order valence-corrected chi connectivity index (χ4v) is 1.77. The smallest absolute Gasteiger partial charge is 0.305 e. The van der Waals surface area contributed by atoms with Gasteiger partial charge >= 0.3 is 5.97 Å². The van der Waals surface area contributed by atoms with Gasteiger partial charge in [-0.05, 0) is 13.0 Å². The third-order valence-electron chi connectivity index (χ3n) is 2.47. The number of rotatable bonds is 4. The van der Waals surface area contributed by atoms with Gasteiger partial charge in [0.1, 0.15) is 0 Å². The van der Waals surface area contributed by atoms with Crippen molar-refractivity contribution in [1.29, 1.82) is 0 Å². The van der Waals surface area contributed by atoms with Gasteiger partial charge in [0.2, 0.25) is 0 Å². The molecule has 0 radical (unpaired) electrons. The Kier molecular flexibility index (Phi) is 2.81. The second-order valence-corrected chi connectivity index (χ2v) is 3.89. The number of fused-ring (bicyclic) bond motifs is 1. The minimum Gasteiger partial charge on any atom is -0.481 e. The van der Waals surface area contributed by atoms with Crippen molar-refractivity contribution in [3.05, 3.63) is 30.5 Å². The van der Waals surface area contributed by atoms with Crippen LogP contribution in [-0.2, 0) is 4.79 Å². The summed E-state index contributed by atoms with van der Waals surface area (Å²) in [5.74, 6) is -0.792. The molecule has 1 atom stereocenters. The van der Waals surface area contributed by atoms with Gasteiger partial charge in [-0.15, -0.1) is 0 Å². The van der Waals surface area contributed by atoms with Gasteiger partial charge in [-0.2, -0.15) is 0 Å². The Balaban J connectivity index is 2.18. The van der Waals surface area contributed by atoms with E-state index in [-0.39, 0.29) is 12.5 Å². The van der Waals surface area contributed by atoms with Crippen LogP contribution in [0.2, 0.25) is 0 Å². The maximum atomic E-state index is 10.6. The first-order valence-corrected chi connectivity index (χ1v) is 5.21. The second kappa shape index (κ2) is 4.26. The highest BCUT2D eigenvalue weighted by molar-refractivity contribution is 5.92. The highest BCUT2D eigenvalue weighted by Crippen LogP contribution is 2.23. The number of anilines is 1. The number of aromatic nitrogens is 1. The van der Waals surface area contributed by atoms with E-state index in [2.05, 4.69) is 10.3 Å². The molecule has 0 fully saturated rings. The largest absolute Gasteiger partial charge is 0.481 e. The number of carboxylic acid groups (broad SMARTS) is 1. The highest BCUT2D eigenvalue weighted by Gasteiger charge is 2.09. The molecule has 1 heterocycles. The predicted molar refractivity (Wildman–Crippen MR) is 63.6 cm³/mol. The maximum absolute atomic E-state index is 10.6. The lowest BCUT2D eigenvalue weighted by atomic mass is 10.2. The maximum Gasteiger partial charge on any atom is 0.305 e. The monoisotopic (exact) mass is 218 g/mol. The highest BCUT2D eigenvalue weighted by atomic mass is 16.4. The zero-order valence-electron chi connectivity index (χ0n) is 9.03. The van der Waals surface area contributed by atoms with E-state index >= 15 is 0 Å². The van der Waals surface area contributed by atoms with Crippen molar-refractivity contribution in [3.8, 4) is 0 Å². The summed E-state index contributed by atoms with van der Waals surface area (Å²) in [5.41, 5.74) is 2.00. The average Bonchev–Trinajstić information content (AvgIpc) is 2.61. The summed E-state index contributed by atoms with van der Waals surface area (Å²) in [6.45, 7) is 1.86. The summed E-state index contributed by atoms with van der Waals surface area (Å²) in [4.78, 5) is 13.7. The molecule has 0 aliphatic rings. The Hall–Kier alpha value is -1.97. The number of nitrogens with one attached hydrogen (secondary N) is 2. The minimum absolute atomic E-state index is 0.0864. The third-order valence-corrected chi connectivity index (χ3v) is 2.47. The number of aromatic amines is 1. The van der Waals surface area contributed by atoms with Crippen LogP contribution >= 0.6 is 0 Å². The van der Waals surface area contributed by atoms with Crippen LogP contribution in [0.15, 0.2) is 30.5 Å². The number of hydrogen-bond donors (Lipinski definition) is 3. The molecule has 0 aliphatic carbocycles. The first kappa shape index (κ1) is 10.5. The molecule has 4 heteroatoms. The second-order valence-electron chi connectivity index (χ2n) is 3.89. The van der Waals surface area contributed by atoms with Crippen LogP contribution in [-0.4, -0.2) is 22.1 Å². The van der Waals surface area contributed by atoms with E-state index in [0.717, 1.165) is 16.6 Å². The van der Waals surface area contributed by atoms with E-state index in [1.807, 2.05) is 37.4 Å². The van der Waals surface area contributed by atoms with Crippen molar-refractivity contribution in [2.75, 3.05) is 5.32 Å². The number of aliphatic carboxylic acids is 1. The van der Waals surface area contributed by atoms with E-state index in [9.17, 15) is 4.79 Å². The molecule has 0 amide bonds. The zero-order chi connectivity index (χ0) is 11.5. The van der Waals surface area contributed by atoms with Gasteiger partial charge < -0.3 is 15.4 Å². The summed E-state index contributed by atoms with van der Waals surface area (Å²) in [7, 11) is 0. The first-order chi connectivity index (χ1) is 7.66. The summed E-state index contributed by atoms with van der Waals surface area (Å²) >= 11 is 0. The van der Waals surface area contributed by atoms with Crippen molar-refractivity contribution in [2.45, 2.75) is 19.4 Å². The number of H-pyrrole nitrogens is 1. The lowest BCUT2D eigenvalue weighted by molar-refractivity contribution is -0.137. The molecule has 4 nitrogen and oxygen atoms in total. The number of para-hydroxylation sites is 1. The predicted octanol–water partition coefficient (Wildman–Crippen LogP) is 2.44. The van der Waals surface area contributed by atoms with Crippen LogP contribution in [0, 0.1) is 0 Å². The molecule has 1 aromatic carbocycles. The molecule has 1 aromatic heterocycles. The fraction of sp³-hybridized carbons (Fsp3) is 0.250. The number of carboxylic acids is 1. The summed E-state index contributed by atoms with van der Waals surface area (Å²) < 4.78 is 0. The van der Waals surface area contributed by atoms with E-state index < -0.39 is 5.97 Å². The van der Waals surface area contributed by atoms with E-state index in [4.69, 9.17) is 5.11 Å². The molecule has 0 aliphatic heterocycles. The molecule has 84 valence electrons. The van der Waals surface area contributed by atoms with Crippen molar-refractivity contribution in [3.63, 3.8) is 0 Å². The number of carbonyl (C=O) groups is 1. The molecule has 0 saturated heterocycles. The van der Waals surface area contributed by atoms with E-state index in [0.29, 0.717) is 0 Å². The Labute approximate surface area is 93.3 Å². The summed E-state index contributed by atoms with van der Waals surface area (Å²) in [6, 6.07) is 7.83. The molecule has 16 heavy (non-hydrogen) atoms. The zero-order valence-corrected chi connectivity index (χ0v) is 9.03. The van der Waals surface area contributed by atoms with Gasteiger partial charge in [-0.25, -0.2) is 0 Å². The number of benzene rings is 1. The molecule has 0 bridgehead atoms. The molecular formula is C12H14N2O2. The van der Waals surface area contributed by atoms with E-state index in [1.165, 1.54) is 0 Å². The summed E-state index contributed by atoms with van der Waals surface area (Å²) in [6.07, 6.45) is 1.97. The van der Waals surface area contributed by atoms with Gasteiger partial charge in [0.05, 0.1) is 12.1 Å². The molecule has 2 rings (SSSR count). The van der Waals surface area contributed by atoms with Crippen molar-refractivity contribution in [2.24, 2.45) is 0 Å².